The Morgan fingerprint density at radius 2 is 1.86 bits per heavy atom. The van der Waals surface area contributed by atoms with Crippen molar-refractivity contribution in [1.82, 2.24) is 5.32 Å². The summed E-state index contributed by atoms with van der Waals surface area (Å²) in [5.74, 6) is 1.31. The van der Waals surface area contributed by atoms with E-state index in [1.807, 2.05) is 49.4 Å². The monoisotopic (exact) mass is 361 g/mol. The Balaban J connectivity index is 1.67. The first-order chi connectivity index (χ1) is 10.6. The standard InChI is InChI=1S/C17H16BrNO3/c1-11(19-17(20)12-6-2-3-7-13(12)18)16-10-21-14-8-4-5-9-15(14)22-16/h2-9,11,16H,10H2,1H3,(H,19,20)/t11-,16+/m0/s1. The largest absolute Gasteiger partial charge is 0.486 e. The Labute approximate surface area is 137 Å². The molecule has 1 amide bonds. The highest BCUT2D eigenvalue weighted by Gasteiger charge is 2.27. The number of halogens is 1. The number of nitrogens with one attached hydrogen (secondary N) is 1. The molecule has 0 unspecified atom stereocenters. The van der Waals surface area contributed by atoms with Crippen LogP contribution in [0, 0.1) is 0 Å². The lowest BCUT2D eigenvalue weighted by molar-refractivity contribution is 0.0606. The number of hydrogen-bond acceptors (Lipinski definition) is 3. The number of ether oxygens (including phenoxy) is 2. The van der Waals surface area contributed by atoms with Crippen LogP contribution >= 0.6 is 15.9 Å². The molecule has 1 heterocycles. The molecular weight excluding hydrogens is 346 g/mol. The molecule has 3 rings (SSSR count). The molecule has 2 atom stereocenters. The summed E-state index contributed by atoms with van der Waals surface area (Å²) in [6.45, 7) is 2.32. The lowest BCUT2D eigenvalue weighted by Gasteiger charge is -2.30. The van der Waals surface area contributed by atoms with Gasteiger partial charge in [-0.2, -0.15) is 0 Å². The summed E-state index contributed by atoms with van der Waals surface area (Å²) in [4.78, 5) is 12.3. The molecule has 0 aliphatic carbocycles. The van der Waals surface area contributed by atoms with E-state index in [4.69, 9.17) is 9.47 Å². The van der Waals surface area contributed by atoms with Crippen LogP contribution in [0.1, 0.15) is 17.3 Å². The van der Waals surface area contributed by atoms with Crippen molar-refractivity contribution in [2.75, 3.05) is 6.61 Å². The fourth-order valence-electron chi connectivity index (χ4n) is 2.31. The summed E-state index contributed by atoms with van der Waals surface area (Å²) in [6, 6.07) is 14.7. The van der Waals surface area contributed by atoms with Crippen molar-refractivity contribution in [3.63, 3.8) is 0 Å². The average molecular weight is 362 g/mol. The van der Waals surface area contributed by atoms with E-state index in [2.05, 4.69) is 21.2 Å². The molecule has 2 aromatic rings. The van der Waals surface area contributed by atoms with Gasteiger partial charge < -0.3 is 14.8 Å². The first kappa shape index (κ1) is 14.9. The summed E-state index contributed by atoms with van der Waals surface area (Å²) in [5, 5.41) is 2.96. The topological polar surface area (TPSA) is 47.6 Å². The third-order valence-corrected chi connectivity index (χ3v) is 4.26. The third kappa shape index (κ3) is 3.09. The van der Waals surface area contributed by atoms with Crippen molar-refractivity contribution in [2.24, 2.45) is 0 Å². The summed E-state index contributed by atoms with van der Waals surface area (Å²) in [6.07, 6.45) is -0.221. The van der Waals surface area contributed by atoms with E-state index in [1.165, 1.54) is 0 Å². The second-order valence-electron chi connectivity index (χ2n) is 5.16. The van der Waals surface area contributed by atoms with Gasteiger partial charge in [-0.25, -0.2) is 0 Å². The van der Waals surface area contributed by atoms with Crippen LogP contribution in [0.25, 0.3) is 0 Å². The minimum absolute atomic E-state index is 0.137. The first-order valence-electron chi connectivity index (χ1n) is 7.09. The normalized spacial score (nSPS) is 17.6. The first-order valence-corrected chi connectivity index (χ1v) is 7.88. The minimum Gasteiger partial charge on any atom is -0.486 e. The Morgan fingerprint density at radius 1 is 1.18 bits per heavy atom. The quantitative estimate of drug-likeness (QED) is 0.911. The van der Waals surface area contributed by atoms with Crippen molar-refractivity contribution in [3.05, 3.63) is 58.6 Å². The highest BCUT2D eigenvalue weighted by atomic mass is 79.9. The second-order valence-corrected chi connectivity index (χ2v) is 6.01. The van der Waals surface area contributed by atoms with Crippen LogP contribution in [0.4, 0.5) is 0 Å². The van der Waals surface area contributed by atoms with Crippen LogP contribution in [0.15, 0.2) is 53.0 Å². The molecule has 0 bridgehead atoms. The van der Waals surface area contributed by atoms with Crippen LogP contribution in [-0.2, 0) is 0 Å². The molecule has 0 saturated carbocycles. The zero-order chi connectivity index (χ0) is 15.5. The fraction of sp³-hybridized carbons (Fsp3) is 0.235. The molecule has 0 aromatic heterocycles. The maximum absolute atomic E-state index is 12.3. The minimum atomic E-state index is -0.221. The second kappa shape index (κ2) is 6.40. The summed E-state index contributed by atoms with van der Waals surface area (Å²) in [5.41, 5.74) is 0.603. The number of carbonyl (C=O) groups is 1. The van der Waals surface area contributed by atoms with E-state index in [-0.39, 0.29) is 18.1 Å². The number of carbonyl (C=O) groups excluding carboxylic acids is 1. The van der Waals surface area contributed by atoms with E-state index < -0.39 is 0 Å². The lowest BCUT2D eigenvalue weighted by Crippen LogP contribution is -2.48. The van der Waals surface area contributed by atoms with Crippen LogP contribution in [0.3, 0.4) is 0 Å². The average Bonchev–Trinajstić information content (AvgIpc) is 2.54. The zero-order valence-corrected chi connectivity index (χ0v) is 13.7. The summed E-state index contributed by atoms with van der Waals surface area (Å²) in [7, 11) is 0. The molecule has 4 nitrogen and oxygen atoms in total. The van der Waals surface area contributed by atoms with Gasteiger partial charge in [0, 0.05) is 4.47 Å². The lowest BCUT2D eigenvalue weighted by atomic mass is 10.1. The maximum Gasteiger partial charge on any atom is 0.252 e. The van der Waals surface area contributed by atoms with Crippen molar-refractivity contribution in [3.8, 4) is 11.5 Å². The van der Waals surface area contributed by atoms with Crippen molar-refractivity contribution in [1.29, 1.82) is 0 Å². The van der Waals surface area contributed by atoms with Gasteiger partial charge in [0.25, 0.3) is 5.91 Å². The Hall–Kier alpha value is -2.01. The van der Waals surface area contributed by atoms with Crippen molar-refractivity contribution >= 4 is 21.8 Å². The van der Waals surface area contributed by atoms with Gasteiger partial charge >= 0.3 is 0 Å². The summed E-state index contributed by atoms with van der Waals surface area (Å²) < 4.78 is 12.4. The van der Waals surface area contributed by atoms with Crippen LogP contribution in [-0.4, -0.2) is 24.7 Å². The van der Waals surface area contributed by atoms with E-state index in [0.29, 0.717) is 17.9 Å². The highest BCUT2D eigenvalue weighted by molar-refractivity contribution is 9.10. The van der Waals surface area contributed by atoms with E-state index in [1.54, 1.807) is 6.07 Å². The molecule has 1 N–H and O–H groups in total. The number of rotatable bonds is 3. The molecule has 0 fully saturated rings. The molecule has 114 valence electrons. The Kier molecular flexibility index (Phi) is 4.34. The maximum atomic E-state index is 12.3. The number of hydrogen-bond donors (Lipinski definition) is 1. The molecule has 0 saturated heterocycles. The van der Waals surface area contributed by atoms with Gasteiger partial charge in [0.15, 0.2) is 17.6 Å². The SMILES string of the molecule is C[C@H](NC(=O)c1ccccc1Br)[C@H]1COc2ccccc2O1. The van der Waals surface area contributed by atoms with Gasteiger partial charge in [-0.05, 0) is 47.1 Å². The molecule has 0 radical (unpaired) electrons. The zero-order valence-electron chi connectivity index (χ0n) is 12.1. The predicted octanol–water partition coefficient (Wildman–Crippen LogP) is 3.41. The number of para-hydroxylation sites is 2. The van der Waals surface area contributed by atoms with Crippen molar-refractivity contribution in [2.45, 2.75) is 19.1 Å². The molecular formula is C17H16BrNO3. The van der Waals surface area contributed by atoms with Crippen LogP contribution in [0.2, 0.25) is 0 Å². The van der Waals surface area contributed by atoms with E-state index in [0.717, 1.165) is 10.2 Å². The molecule has 0 spiro atoms. The number of amides is 1. The van der Waals surface area contributed by atoms with Crippen LogP contribution in [0.5, 0.6) is 11.5 Å². The third-order valence-electron chi connectivity index (χ3n) is 3.57. The highest BCUT2D eigenvalue weighted by Crippen LogP contribution is 2.31. The van der Waals surface area contributed by atoms with Gasteiger partial charge in [0.1, 0.15) is 6.61 Å². The van der Waals surface area contributed by atoms with Gasteiger partial charge in [-0.3, -0.25) is 4.79 Å². The smallest absolute Gasteiger partial charge is 0.252 e. The van der Waals surface area contributed by atoms with Gasteiger partial charge in [-0.15, -0.1) is 0 Å². The molecule has 5 heteroatoms. The summed E-state index contributed by atoms with van der Waals surface area (Å²) >= 11 is 3.39. The molecule has 1 aliphatic heterocycles. The Morgan fingerprint density at radius 3 is 2.64 bits per heavy atom. The fourth-order valence-corrected chi connectivity index (χ4v) is 2.77. The predicted molar refractivity (Wildman–Crippen MR) is 87.4 cm³/mol. The van der Waals surface area contributed by atoms with Crippen molar-refractivity contribution < 1.29 is 14.3 Å². The number of fused-ring (bicyclic) bond motifs is 1. The molecule has 22 heavy (non-hydrogen) atoms. The van der Waals surface area contributed by atoms with Crippen LogP contribution < -0.4 is 14.8 Å². The van der Waals surface area contributed by atoms with Gasteiger partial charge in [0.2, 0.25) is 0 Å². The van der Waals surface area contributed by atoms with Gasteiger partial charge in [-0.1, -0.05) is 24.3 Å². The molecule has 2 aromatic carbocycles. The van der Waals surface area contributed by atoms with Gasteiger partial charge in [0.05, 0.1) is 11.6 Å². The van der Waals surface area contributed by atoms with E-state index in [9.17, 15) is 4.79 Å². The van der Waals surface area contributed by atoms with E-state index >= 15 is 0 Å². The Bertz CT molecular complexity index is 689. The number of benzene rings is 2. The molecule has 1 aliphatic rings.